The van der Waals surface area contributed by atoms with Crippen molar-refractivity contribution in [3.8, 4) is 22.7 Å². The van der Waals surface area contributed by atoms with Crippen molar-refractivity contribution in [1.82, 2.24) is 19.4 Å². The molecule has 1 fully saturated rings. The number of anilines is 1. The third-order valence-electron chi connectivity index (χ3n) is 7.60. The molecule has 5 rings (SSSR count). The second-order valence-corrected chi connectivity index (χ2v) is 13.2. The van der Waals surface area contributed by atoms with Gasteiger partial charge in [-0.25, -0.2) is 31.5 Å². The summed E-state index contributed by atoms with van der Waals surface area (Å²) in [5.74, 6) is -3.09. The van der Waals surface area contributed by atoms with E-state index in [9.17, 15) is 27.5 Å². The maximum atomic E-state index is 15.0. The van der Waals surface area contributed by atoms with Gasteiger partial charge < -0.3 is 14.9 Å². The Morgan fingerprint density at radius 2 is 1.80 bits per heavy atom. The summed E-state index contributed by atoms with van der Waals surface area (Å²) in [6.07, 6.45) is 1.00. The van der Waals surface area contributed by atoms with Gasteiger partial charge in [-0.2, -0.15) is 4.98 Å². The van der Waals surface area contributed by atoms with E-state index >= 15 is 4.39 Å². The Labute approximate surface area is 256 Å². The average Bonchev–Trinajstić information content (AvgIpc) is 2.93. The van der Waals surface area contributed by atoms with Crippen molar-refractivity contribution < 1.29 is 27.1 Å². The molecule has 0 bridgehead atoms. The Kier molecular flexibility index (Phi) is 7.97. The van der Waals surface area contributed by atoms with Gasteiger partial charge in [-0.1, -0.05) is 36.4 Å². The number of phenolic OH excluding ortho intramolecular Hbond substituents is 1. The Bertz CT molecular complexity index is 2010. The van der Waals surface area contributed by atoms with E-state index in [-0.39, 0.29) is 56.8 Å². The Morgan fingerprint density at radius 3 is 2.43 bits per heavy atom. The summed E-state index contributed by atoms with van der Waals surface area (Å²) >= 11 is 6.66. The minimum atomic E-state index is -3.87. The molecule has 230 valence electrons. The van der Waals surface area contributed by atoms with Crippen LogP contribution in [0, 0.1) is 12.7 Å². The van der Waals surface area contributed by atoms with Gasteiger partial charge in [0.15, 0.2) is 21.3 Å². The van der Waals surface area contributed by atoms with Crippen LogP contribution in [0.2, 0.25) is 5.02 Å². The molecule has 0 spiro atoms. The molecule has 3 heterocycles. The molecule has 0 unspecified atom stereocenters. The van der Waals surface area contributed by atoms with E-state index in [1.54, 1.807) is 31.7 Å². The summed E-state index contributed by atoms with van der Waals surface area (Å²) in [6.45, 7) is 8.41. The number of amides is 1. The molecular weight excluding hydrogens is 616 g/mol. The third-order valence-corrected chi connectivity index (χ3v) is 9.02. The minimum absolute atomic E-state index is 0.000804. The molecule has 1 aliphatic heterocycles. The van der Waals surface area contributed by atoms with Gasteiger partial charge in [0.05, 0.1) is 32.2 Å². The lowest BCUT2D eigenvalue weighted by molar-refractivity contribution is -0.131. The molecular formula is C30H28ClF2N5O5S. The second-order valence-electron chi connectivity index (χ2n) is 10.8. The van der Waals surface area contributed by atoms with Crippen LogP contribution >= 0.6 is 11.6 Å². The van der Waals surface area contributed by atoms with Crippen LogP contribution in [0.3, 0.4) is 0 Å². The number of aryl methyl sites for hydroxylation is 1. The SMILES string of the molecule is C=C(F)C(=O)N1C[C@H](C)N(c2nc(=O)n(-c3c(C)cccc3S(C)(=O)=O)c3nc(-c4c(O)cccc4F)c(Cl)cc23)C[C@H]1C. The third kappa shape index (κ3) is 5.30. The molecule has 1 amide bonds. The lowest BCUT2D eigenvalue weighted by Gasteiger charge is -2.44. The number of carbonyl (C=O) groups is 1. The largest absolute Gasteiger partial charge is 0.507 e. The summed E-state index contributed by atoms with van der Waals surface area (Å²) in [7, 11) is -3.87. The van der Waals surface area contributed by atoms with Crippen molar-refractivity contribution in [3.05, 3.63) is 81.8 Å². The molecule has 2 aromatic heterocycles. The van der Waals surface area contributed by atoms with E-state index in [1.807, 2.05) is 0 Å². The van der Waals surface area contributed by atoms with E-state index in [4.69, 9.17) is 11.6 Å². The van der Waals surface area contributed by atoms with Gasteiger partial charge in [-0.15, -0.1) is 0 Å². The number of phenols is 1. The van der Waals surface area contributed by atoms with E-state index < -0.39 is 50.9 Å². The van der Waals surface area contributed by atoms with Gasteiger partial charge >= 0.3 is 5.69 Å². The molecule has 0 radical (unpaired) electrons. The summed E-state index contributed by atoms with van der Waals surface area (Å²) < 4.78 is 55.5. The van der Waals surface area contributed by atoms with Crippen molar-refractivity contribution in [3.63, 3.8) is 0 Å². The number of halogens is 3. The van der Waals surface area contributed by atoms with Crippen LogP contribution in [0.4, 0.5) is 14.6 Å². The van der Waals surface area contributed by atoms with Crippen LogP contribution in [0.5, 0.6) is 5.75 Å². The normalized spacial score (nSPS) is 17.2. The average molecular weight is 644 g/mol. The van der Waals surface area contributed by atoms with Gasteiger partial charge in [0, 0.05) is 31.4 Å². The number of para-hydroxylation sites is 1. The number of fused-ring (bicyclic) bond motifs is 1. The van der Waals surface area contributed by atoms with Crippen LogP contribution in [0.25, 0.3) is 28.0 Å². The zero-order valence-electron chi connectivity index (χ0n) is 24.2. The maximum absolute atomic E-state index is 15.0. The number of piperazine rings is 1. The van der Waals surface area contributed by atoms with E-state index in [1.165, 1.54) is 35.2 Å². The number of rotatable bonds is 5. The topological polar surface area (TPSA) is 126 Å². The van der Waals surface area contributed by atoms with E-state index in [0.29, 0.717) is 5.56 Å². The van der Waals surface area contributed by atoms with Crippen molar-refractivity contribution in [2.24, 2.45) is 0 Å². The summed E-state index contributed by atoms with van der Waals surface area (Å²) in [5.41, 5.74) is -1.07. The van der Waals surface area contributed by atoms with Gasteiger partial charge in [0.25, 0.3) is 5.91 Å². The van der Waals surface area contributed by atoms with Gasteiger partial charge in [0.2, 0.25) is 0 Å². The molecule has 2 atom stereocenters. The van der Waals surface area contributed by atoms with E-state index in [2.05, 4.69) is 16.5 Å². The first kappa shape index (κ1) is 31.1. The first-order valence-electron chi connectivity index (χ1n) is 13.4. The minimum Gasteiger partial charge on any atom is -0.507 e. The fourth-order valence-electron chi connectivity index (χ4n) is 5.53. The fourth-order valence-corrected chi connectivity index (χ4v) is 6.70. The van der Waals surface area contributed by atoms with Crippen molar-refractivity contribution in [2.75, 3.05) is 24.2 Å². The smallest absolute Gasteiger partial charge is 0.355 e. The molecule has 0 saturated carbocycles. The zero-order valence-corrected chi connectivity index (χ0v) is 25.7. The number of hydrogen-bond donors (Lipinski definition) is 1. The van der Waals surface area contributed by atoms with Crippen molar-refractivity contribution >= 4 is 44.2 Å². The standard InChI is InChI=1S/C30H28ClF2N5O5S/c1-15-8-6-11-23(44(5,42)43)26(15)38-28-19(12-20(31)25(34-28)24-21(33)9-7-10-22(24)39)27(35-30(38)41)36-13-17(3)37(14-16(36)2)29(40)18(4)32/h6-12,16-17,39H,4,13-14H2,1-3,5H3/t16-,17+/m0/s1. The van der Waals surface area contributed by atoms with Crippen LogP contribution in [-0.2, 0) is 14.6 Å². The van der Waals surface area contributed by atoms with Gasteiger partial charge in [-0.3, -0.25) is 4.79 Å². The molecule has 10 nitrogen and oxygen atoms in total. The number of aromatic hydroxyl groups is 1. The van der Waals surface area contributed by atoms with Crippen LogP contribution in [-0.4, -0.2) is 70.3 Å². The molecule has 1 saturated heterocycles. The fraction of sp³-hybridized carbons (Fsp3) is 0.267. The highest BCUT2D eigenvalue weighted by atomic mass is 35.5. The number of sulfone groups is 1. The lowest BCUT2D eigenvalue weighted by atomic mass is 10.1. The highest BCUT2D eigenvalue weighted by Gasteiger charge is 2.35. The number of nitrogens with zero attached hydrogens (tertiary/aromatic N) is 5. The molecule has 0 aliphatic carbocycles. The Balaban J connectivity index is 1.85. The molecule has 2 aromatic carbocycles. The zero-order chi connectivity index (χ0) is 32.2. The molecule has 44 heavy (non-hydrogen) atoms. The predicted molar refractivity (Wildman–Crippen MR) is 163 cm³/mol. The van der Waals surface area contributed by atoms with E-state index in [0.717, 1.165) is 16.9 Å². The lowest BCUT2D eigenvalue weighted by Crippen LogP contribution is -2.58. The first-order chi connectivity index (χ1) is 20.6. The molecule has 1 N–H and O–H groups in total. The first-order valence-corrected chi connectivity index (χ1v) is 15.7. The van der Waals surface area contributed by atoms with Gasteiger partial charge in [-0.05, 0) is 50.6 Å². The number of hydrogen-bond acceptors (Lipinski definition) is 8. The van der Waals surface area contributed by atoms with Crippen LogP contribution in [0.1, 0.15) is 19.4 Å². The Morgan fingerprint density at radius 1 is 1.11 bits per heavy atom. The molecule has 14 heteroatoms. The summed E-state index contributed by atoms with van der Waals surface area (Å²) in [5, 5.41) is 10.7. The summed E-state index contributed by atoms with van der Waals surface area (Å²) in [6, 6.07) is 8.60. The van der Waals surface area contributed by atoms with Crippen molar-refractivity contribution in [2.45, 2.75) is 37.8 Å². The van der Waals surface area contributed by atoms with Crippen molar-refractivity contribution in [1.29, 1.82) is 0 Å². The van der Waals surface area contributed by atoms with Crippen LogP contribution in [0.15, 0.2) is 64.6 Å². The second kappa shape index (κ2) is 11.3. The highest BCUT2D eigenvalue weighted by molar-refractivity contribution is 7.90. The van der Waals surface area contributed by atoms with Crippen LogP contribution < -0.4 is 10.6 Å². The highest BCUT2D eigenvalue weighted by Crippen LogP contribution is 2.39. The number of benzene rings is 2. The monoisotopic (exact) mass is 643 g/mol. The quantitative estimate of drug-likeness (QED) is 0.314. The van der Waals surface area contributed by atoms with Gasteiger partial charge in [0.1, 0.15) is 17.4 Å². The predicted octanol–water partition coefficient (Wildman–Crippen LogP) is 4.57. The maximum Gasteiger partial charge on any atom is 0.355 e. The summed E-state index contributed by atoms with van der Waals surface area (Å²) in [4.78, 5) is 38.2. The Hall–Kier alpha value is -4.36. The number of carbonyl (C=O) groups excluding carboxylic acids is 1. The number of pyridine rings is 1. The number of aromatic nitrogens is 3. The molecule has 1 aliphatic rings. The molecule has 4 aromatic rings.